The molecule has 0 bridgehead atoms. The van der Waals surface area contributed by atoms with Crippen molar-refractivity contribution in [2.24, 2.45) is 0 Å². The van der Waals surface area contributed by atoms with Gasteiger partial charge in [-0.25, -0.2) is 0 Å². The zero-order valence-corrected chi connectivity index (χ0v) is 13.5. The summed E-state index contributed by atoms with van der Waals surface area (Å²) >= 11 is 0. The Kier molecular flexibility index (Phi) is 6.57. The molecule has 0 unspecified atom stereocenters. The molecule has 0 spiro atoms. The van der Waals surface area contributed by atoms with E-state index in [2.05, 4.69) is 5.32 Å². The highest BCUT2D eigenvalue weighted by molar-refractivity contribution is 5.69. The normalized spacial score (nSPS) is 20.9. The first-order chi connectivity index (χ1) is 11.5. The molecule has 7 nitrogen and oxygen atoms in total. The number of phenols is 1. The average molecular weight is 336 g/mol. The average Bonchev–Trinajstić information content (AvgIpc) is 2.54. The fourth-order valence-corrected chi connectivity index (χ4v) is 3.33. The van der Waals surface area contributed by atoms with Crippen LogP contribution in [-0.2, 0) is 16.1 Å². The molecule has 0 radical (unpaired) electrons. The molecule has 1 aromatic rings. The summed E-state index contributed by atoms with van der Waals surface area (Å²) in [6, 6.07) is 6.73. The van der Waals surface area contributed by atoms with E-state index < -0.39 is 11.9 Å². The van der Waals surface area contributed by atoms with Crippen molar-refractivity contribution < 1.29 is 24.9 Å². The van der Waals surface area contributed by atoms with Gasteiger partial charge in [-0.15, -0.1) is 0 Å². The van der Waals surface area contributed by atoms with Crippen LogP contribution in [-0.4, -0.2) is 57.3 Å². The molecule has 1 aliphatic rings. The summed E-state index contributed by atoms with van der Waals surface area (Å²) < 4.78 is 0. The van der Waals surface area contributed by atoms with Crippen molar-refractivity contribution in [2.45, 2.75) is 44.3 Å². The topological polar surface area (TPSA) is 110 Å². The van der Waals surface area contributed by atoms with Crippen molar-refractivity contribution in [1.82, 2.24) is 10.2 Å². The largest absolute Gasteiger partial charge is 0.508 e. The summed E-state index contributed by atoms with van der Waals surface area (Å²) in [5.41, 5.74) is 0.668. The van der Waals surface area contributed by atoms with Gasteiger partial charge in [0.25, 0.3) is 0 Å². The summed E-state index contributed by atoms with van der Waals surface area (Å²) in [7, 11) is 0. The molecular formula is C17H24N2O5. The summed E-state index contributed by atoms with van der Waals surface area (Å²) in [4.78, 5) is 23.9. The molecule has 4 N–H and O–H groups in total. The van der Waals surface area contributed by atoms with Gasteiger partial charge in [-0.05, 0) is 18.9 Å². The third-order valence-corrected chi connectivity index (χ3v) is 4.42. The van der Waals surface area contributed by atoms with Crippen LogP contribution < -0.4 is 5.32 Å². The molecule has 0 heterocycles. The molecule has 2 atom stereocenters. The number of carbonyl (C=O) groups is 2. The van der Waals surface area contributed by atoms with Crippen LogP contribution in [0.1, 0.15) is 31.2 Å². The summed E-state index contributed by atoms with van der Waals surface area (Å²) in [6.45, 7) is 0.0256. The number of hydrogen-bond donors (Lipinski definition) is 4. The van der Waals surface area contributed by atoms with Crippen LogP contribution in [0.5, 0.6) is 5.75 Å². The van der Waals surface area contributed by atoms with Crippen LogP contribution in [0, 0.1) is 0 Å². The van der Waals surface area contributed by atoms with E-state index in [9.17, 15) is 19.8 Å². The van der Waals surface area contributed by atoms with Gasteiger partial charge in [0.1, 0.15) is 5.75 Å². The third kappa shape index (κ3) is 5.21. The Morgan fingerprint density at radius 1 is 1.12 bits per heavy atom. The number of aromatic hydroxyl groups is 1. The monoisotopic (exact) mass is 336 g/mol. The molecule has 0 amide bonds. The quantitative estimate of drug-likeness (QED) is 0.566. The molecular weight excluding hydrogens is 312 g/mol. The SMILES string of the molecule is O=C(O)CN[C@@H]1CCCC[C@H]1N(CC(=O)O)Cc1ccccc1O. The molecule has 24 heavy (non-hydrogen) atoms. The molecule has 2 rings (SSSR count). The summed E-state index contributed by atoms with van der Waals surface area (Å²) in [5, 5.41) is 31.1. The van der Waals surface area contributed by atoms with Crippen LogP contribution in [0.4, 0.5) is 0 Å². The first-order valence-corrected chi connectivity index (χ1v) is 8.15. The summed E-state index contributed by atoms with van der Waals surface area (Å²) in [5.74, 6) is -1.73. The summed E-state index contributed by atoms with van der Waals surface area (Å²) in [6.07, 6.45) is 3.59. The van der Waals surface area contributed by atoms with E-state index in [1.54, 1.807) is 24.3 Å². The van der Waals surface area contributed by atoms with E-state index in [1.165, 1.54) is 0 Å². The van der Waals surface area contributed by atoms with E-state index in [1.807, 2.05) is 4.90 Å². The number of para-hydroxylation sites is 1. The Hall–Kier alpha value is -2.12. The van der Waals surface area contributed by atoms with E-state index in [4.69, 9.17) is 5.11 Å². The van der Waals surface area contributed by atoms with Crippen LogP contribution in [0.2, 0.25) is 0 Å². The second-order valence-electron chi connectivity index (χ2n) is 6.16. The van der Waals surface area contributed by atoms with E-state index in [-0.39, 0.29) is 30.9 Å². The first-order valence-electron chi connectivity index (χ1n) is 8.15. The van der Waals surface area contributed by atoms with Crippen LogP contribution in [0.25, 0.3) is 0 Å². The van der Waals surface area contributed by atoms with E-state index >= 15 is 0 Å². The minimum Gasteiger partial charge on any atom is -0.508 e. The second kappa shape index (κ2) is 8.65. The zero-order valence-electron chi connectivity index (χ0n) is 13.5. The van der Waals surface area contributed by atoms with Gasteiger partial charge in [-0.3, -0.25) is 14.5 Å². The Labute approximate surface area is 140 Å². The van der Waals surface area contributed by atoms with Crippen LogP contribution in [0.3, 0.4) is 0 Å². The standard InChI is InChI=1S/C17H24N2O5/c20-15-8-4-1-5-12(15)10-19(11-17(23)24)14-7-3-2-6-13(14)18-9-16(21)22/h1,4-5,8,13-14,18,20H,2-3,6-7,9-11H2,(H,21,22)(H,23,24)/t13-,14-/m1/s1. The van der Waals surface area contributed by atoms with Crippen LogP contribution >= 0.6 is 0 Å². The molecule has 7 heteroatoms. The molecule has 1 aliphatic carbocycles. The number of phenolic OH excluding ortho intramolecular Hbond substituents is 1. The minimum absolute atomic E-state index is 0.0694. The number of hydrogen-bond acceptors (Lipinski definition) is 5. The fourth-order valence-electron chi connectivity index (χ4n) is 3.33. The number of carboxylic acid groups (broad SMARTS) is 2. The molecule has 132 valence electrons. The van der Waals surface area contributed by atoms with Crippen LogP contribution in [0.15, 0.2) is 24.3 Å². The van der Waals surface area contributed by atoms with Crippen molar-refractivity contribution >= 4 is 11.9 Å². The lowest BCUT2D eigenvalue weighted by Crippen LogP contribution is -2.53. The van der Waals surface area contributed by atoms with E-state index in [0.717, 1.165) is 25.7 Å². The van der Waals surface area contributed by atoms with Gasteiger partial charge in [0, 0.05) is 24.2 Å². The number of nitrogens with zero attached hydrogens (tertiary/aromatic N) is 1. The van der Waals surface area contributed by atoms with Gasteiger partial charge in [0.05, 0.1) is 13.1 Å². The Balaban J connectivity index is 2.15. The number of carboxylic acids is 2. The third-order valence-electron chi connectivity index (χ3n) is 4.42. The maximum absolute atomic E-state index is 11.3. The predicted octanol–water partition coefficient (Wildman–Crippen LogP) is 1.26. The Bertz CT molecular complexity index is 578. The number of aliphatic carboxylic acids is 2. The molecule has 1 saturated carbocycles. The van der Waals surface area contributed by atoms with Gasteiger partial charge >= 0.3 is 11.9 Å². The number of rotatable bonds is 8. The number of benzene rings is 1. The maximum atomic E-state index is 11.3. The first kappa shape index (κ1) is 18.2. The smallest absolute Gasteiger partial charge is 0.317 e. The molecule has 0 aliphatic heterocycles. The van der Waals surface area contributed by atoms with E-state index in [0.29, 0.717) is 12.1 Å². The lowest BCUT2D eigenvalue weighted by atomic mass is 9.88. The highest BCUT2D eigenvalue weighted by atomic mass is 16.4. The number of nitrogens with one attached hydrogen (secondary N) is 1. The fraction of sp³-hybridized carbons (Fsp3) is 0.529. The molecule has 0 saturated heterocycles. The maximum Gasteiger partial charge on any atom is 0.317 e. The highest BCUT2D eigenvalue weighted by Gasteiger charge is 2.31. The highest BCUT2D eigenvalue weighted by Crippen LogP contribution is 2.26. The van der Waals surface area contributed by atoms with Gasteiger partial charge < -0.3 is 20.6 Å². The van der Waals surface area contributed by atoms with Crippen molar-refractivity contribution in [3.05, 3.63) is 29.8 Å². The lowest BCUT2D eigenvalue weighted by molar-refractivity contribution is -0.140. The van der Waals surface area contributed by atoms with Gasteiger partial charge in [0.2, 0.25) is 0 Å². The van der Waals surface area contributed by atoms with Gasteiger partial charge in [0.15, 0.2) is 0 Å². The predicted molar refractivity (Wildman–Crippen MR) is 87.8 cm³/mol. The Morgan fingerprint density at radius 2 is 1.83 bits per heavy atom. The van der Waals surface area contributed by atoms with Gasteiger partial charge in [-0.2, -0.15) is 0 Å². The molecule has 0 aromatic heterocycles. The second-order valence-corrected chi connectivity index (χ2v) is 6.16. The molecule has 1 aromatic carbocycles. The lowest BCUT2D eigenvalue weighted by Gasteiger charge is -2.39. The van der Waals surface area contributed by atoms with Crippen molar-refractivity contribution in [3.8, 4) is 5.75 Å². The Morgan fingerprint density at radius 3 is 2.50 bits per heavy atom. The zero-order chi connectivity index (χ0) is 17.5. The minimum atomic E-state index is -0.937. The van der Waals surface area contributed by atoms with Crippen molar-refractivity contribution in [2.75, 3.05) is 13.1 Å². The van der Waals surface area contributed by atoms with Crippen molar-refractivity contribution in [1.29, 1.82) is 0 Å². The molecule has 1 fully saturated rings. The van der Waals surface area contributed by atoms with Crippen molar-refractivity contribution in [3.63, 3.8) is 0 Å². The van der Waals surface area contributed by atoms with Gasteiger partial charge in [-0.1, -0.05) is 31.0 Å².